The number of rotatable bonds is 2. The molecular formula is C15H18Cl2N2O4S. The summed E-state index contributed by atoms with van der Waals surface area (Å²) in [4.78, 5) is 16.1. The van der Waals surface area contributed by atoms with Crippen LogP contribution in [0.2, 0.25) is 5.02 Å². The maximum absolute atomic E-state index is 13.1. The lowest BCUT2D eigenvalue weighted by molar-refractivity contribution is 0.180. The van der Waals surface area contributed by atoms with Crippen LogP contribution in [0.1, 0.15) is 25.7 Å². The van der Waals surface area contributed by atoms with Gasteiger partial charge in [-0.05, 0) is 44.9 Å². The van der Waals surface area contributed by atoms with Gasteiger partial charge in [0.1, 0.15) is 5.02 Å². The number of H-pyrrole nitrogens is 1. The van der Waals surface area contributed by atoms with Gasteiger partial charge >= 0.3 is 5.76 Å². The fourth-order valence-electron chi connectivity index (χ4n) is 3.98. The fourth-order valence-corrected chi connectivity index (χ4v) is 6.41. The Morgan fingerprint density at radius 3 is 2.50 bits per heavy atom. The van der Waals surface area contributed by atoms with E-state index in [-0.39, 0.29) is 27.9 Å². The van der Waals surface area contributed by atoms with E-state index in [0.717, 1.165) is 12.8 Å². The highest BCUT2D eigenvalue weighted by atomic mass is 35.5. The Morgan fingerprint density at radius 1 is 1.25 bits per heavy atom. The summed E-state index contributed by atoms with van der Waals surface area (Å²) in [5.74, 6) is -0.645. The lowest BCUT2D eigenvalue weighted by atomic mass is 10.0. The molecule has 9 heteroatoms. The molecule has 6 nitrogen and oxygen atoms in total. The van der Waals surface area contributed by atoms with Gasteiger partial charge in [-0.1, -0.05) is 11.6 Å². The maximum Gasteiger partial charge on any atom is 0.417 e. The van der Waals surface area contributed by atoms with Crippen LogP contribution in [-0.2, 0) is 9.84 Å². The van der Waals surface area contributed by atoms with Crippen molar-refractivity contribution in [1.29, 1.82) is 0 Å². The average Bonchev–Trinajstić information content (AvgIpc) is 2.94. The van der Waals surface area contributed by atoms with E-state index in [2.05, 4.69) is 16.9 Å². The predicted octanol–water partition coefficient (Wildman–Crippen LogP) is 2.60. The van der Waals surface area contributed by atoms with Crippen LogP contribution in [-0.4, -0.2) is 42.7 Å². The van der Waals surface area contributed by atoms with Crippen LogP contribution in [0.3, 0.4) is 0 Å². The first-order valence-corrected chi connectivity index (χ1v) is 9.57. The Bertz CT molecular complexity index is 923. The fraction of sp³-hybridized carbons (Fsp3) is 0.533. The molecule has 24 heavy (non-hydrogen) atoms. The van der Waals surface area contributed by atoms with Gasteiger partial charge in [-0.25, -0.2) is 13.2 Å². The summed E-state index contributed by atoms with van der Waals surface area (Å²) in [5.41, 5.74) is 0.510. The number of piperidine rings is 1. The number of aromatic amines is 1. The van der Waals surface area contributed by atoms with Crippen molar-refractivity contribution in [3.8, 4) is 0 Å². The molecule has 0 radical (unpaired) electrons. The molecule has 2 saturated heterocycles. The molecule has 3 heterocycles. The maximum atomic E-state index is 13.1. The van der Waals surface area contributed by atoms with E-state index in [0.29, 0.717) is 30.4 Å². The highest BCUT2D eigenvalue weighted by Gasteiger charge is 2.44. The third-order valence-electron chi connectivity index (χ3n) is 5.29. The zero-order valence-electron chi connectivity index (χ0n) is 13.0. The van der Waals surface area contributed by atoms with Crippen molar-refractivity contribution in [1.82, 2.24) is 9.88 Å². The second-order valence-corrected chi connectivity index (χ2v) is 9.03. The van der Waals surface area contributed by atoms with E-state index < -0.39 is 20.8 Å². The number of nitrogens with zero attached hydrogens (tertiary/aromatic N) is 1. The van der Waals surface area contributed by atoms with Gasteiger partial charge in [0.05, 0.1) is 15.7 Å². The van der Waals surface area contributed by atoms with Crippen LogP contribution in [0, 0.1) is 0 Å². The zero-order valence-corrected chi connectivity index (χ0v) is 15.4. The number of nitrogens with one attached hydrogen (secondary N) is 1. The molecule has 3 atom stereocenters. The standard InChI is InChI=1S/C15H17ClN2O4S.ClH/c1-18-8-2-3-9(18)7-10(6-8)23(20,21)12-5-4-11-14(13(12)16)22-15(19)17-11;/h4-5,8-10H,2-3,6-7H2,1H3,(H,17,19);1H/t8-,9+,10?;. The first-order valence-electron chi connectivity index (χ1n) is 7.65. The predicted molar refractivity (Wildman–Crippen MR) is 93.9 cm³/mol. The lowest BCUT2D eigenvalue weighted by Gasteiger charge is -2.36. The van der Waals surface area contributed by atoms with Crippen molar-refractivity contribution in [3.63, 3.8) is 0 Å². The summed E-state index contributed by atoms with van der Waals surface area (Å²) >= 11 is 6.23. The molecule has 0 saturated carbocycles. The van der Waals surface area contributed by atoms with Gasteiger partial charge in [-0.2, -0.15) is 0 Å². The van der Waals surface area contributed by atoms with Gasteiger partial charge in [0, 0.05) is 12.1 Å². The number of fused-ring (bicyclic) bond motifs is 3. The molecule has 1 unspecified atom stereocenters. The number of benzene rings is 1. The Labute approximate surface area is 150 Å². The summed E-state index contributed by atoms with van der Waals surface area (Å²) < 4.78 is 31.1. The second-order valence-electron chi connectivity index (χ2n) is 6.46. The van der Waals surface area contributed by atoms with Crippen LogP contribution in [0.25, 0.3) is 11.1 Å². The van der Waals surface area contributed by atoms with Crippen molar-refractivity contribution in [2.45, 2.75) is 47.9 Å². The highest BCUT2D eigenvalue weighted by Crippen LogP contribution is 2.40. The van der Waals surface area contributed by atoms with Crippen molar-refractivity contribution in [2.24, 2.45) is 0 Å². The first kappa shape index (κ1) is 17.8. The summed E-state index contributed by atoms with van der Waals surface area (Å²) in [6, 6.07) is 3.64. The first-order chi connectivity index (χ1) is 10.9. The zero-order chi connectivity index (χ0) is 16.4. The summed E-state index contributed by atoms with van der Waals surface area (Å²) in [5, 5.41) is -0.441. The molecule has 2 aliphatic heterocycles. The molecule has 0 aliphatic carbocycles. The Kier molecular flexibility index (Phi) is 4.49. The number of oxazole rings is 1. The van der Waals surface area contributed by atoms with Gasteiger partial charge in [0.15, 0.2) is 15.4 Å². The van der Waals surface area contributed by atoms with Crippen molar-refractivity contribution in [3.05, 3.63) is 27.7 Å². The van der Waals surface area contributed by atoms with Crippen LogP contribution in [0.15, 0.2) is 26.2 Å². The average molecular weight is 393 g/mol. The van der Waals surface area contributed by atoms with Gasteiger partial charge in [-0.15, -0.1) is 12.4 Å². The van der Waals surface area contributed by atoms with Crippen molar-refractivity contribution in [2.75, 3.05) is 7.05 Å². The Balaban J connectivity index is 0.00000169. The van der Waals surface area contributed by atoms with E-state index in [1.54, 1.807) is 0 Å². The van der Waals surface area contributed by atoms with Gasteiger partial charge in [0.25, 0.3) is 0 Å². The highest BCUT2D eigenvalue weighted by molar-refractivity contribution is 7.92. The second kappa shape index (κ2) is 6.05. The van der Waals surface area contributed by atoms with Gasteiger partial charge in [0.2, 0.25) is 0 Å². The molecule has 0 spiro atoms. The molecule has 2 fully saturated rings. The number of sulfone groups is 1. The quantitative estimate of drug-likeness (QED) is 0.848. The lowest BCUT2D eigenvalue weighted by Crippen LogP contribution is -2.44. The molecule has 132 valence electrons. The third-order valence-corrected chi connectivity index (χ3v) is 8.00. The number of halogens is 2. The number of hydrogen-bond acceptors (Lipinski definition) is 5. The normalized spacial score (nSPS) is 27.3. The van der Waals surface area contributed by atoms with E-state index >= 15 is 0 Å². The molecule has 0 amide bonds. The van der Waals surface area contributed by atoms with Crippen LogP contribution in [0.4, 0.5) is 0 Å². The third kappa shape index (κ3) is 2.58. The molecule has 1 aromatic carbocycles. The largest absolute Gasteiger partial charge is 0.417 e. The molecule has 2 aliphatic rings. The topological polar surface area (TPSA) is 83.4 Å². The molecule has 4 rings (SSSR count). The van der Waals surface area contributed by atoms with E-state index in [1.807, 2.05) is 0 Å². The van der Waals surface area contributed by atoms with Crippen LogP contribution in [0.5, 0.6) is 0 Å². The van der Waals surface area contributed by atoms with Gasteiger partial charge in [-0.3, -0.25) is 4.98 Å². The van der Waals surface area contributed by atoms with E-state index in [1.165, 1.54) is 12.1 Å². The van der Waals surface area contributed by atoms with Crippen molar-refractivity contribution < 1.29 is 12.8 Å². The van der Waals surface area contributed by atoms with Crippen LogP contribution < -0.4 is 5.76 Å². The molecule has 1 N–H and O–H groups in total. The van der Waals surface area contributed by atoms with E-state index in [4.69, 9.17) is 16.0 Å². The molecular weight excluding hydrogens is 375 g/mol. The minimum atomic E-state index is -3.56. The van der Waals surface area contributed by atoms with Crippen molar-refractivity contribution >= 4 is 44.9 Å². The Morgan fingerprint density at radius 2 is 1.88 bits per heavy atom. The SMILES string of the molecule is CN1[C@@H]2CC[C@H]1CC(S(=O)(=O)c1ccc3[nH]c(=O)oc3c1Cl)C2.Cl. The monoisotopic (exact) mass is 392 g/mol. The van der Waals surface area contributed by atoms with E-state index in [9.17, 15) is 13.2 Å². The number of aromatic nitrogens is 1. The summed E-state index contributed by atoms with van der Waals surface area (Å²) in [7, 11) is -1.49. The Hall–Kier alpha value is -1.02. The van der Waals surface area contributed by atoms with Gasteiger partial charge < -0.3 is 9.32 Å². The molecule has 2 aromatic rings. The molecule has 2 bridgehead atoms. The summed E-state index contributed by atoms with van der Waals surface area (Å²) in [6.45, 7) is 0. The molecule has 1 aromatic heterocycles. The smallest absolute Gasteiger partial charge is 0.406 e. The summed E-state index contributed by atoms with van der Waals surface area (Å²) in [6.07, 6.45) is 3.35. The minimum Gasteiger partial charge on any atom is -0.406 e. The number of hydrogen-bond donors (Lipinski definition) is 1. The van der Waals surface area contributed by atoms with Crippen LogP contribution >= 0.6 is 24.0 Å². The minimum absolute atomic E-state index is 0.